The van der Waals surface area contributed by atoms with Crippen molar-refractivity contribution in [3.05, 3.63) is 0 Å². The maximum absolute atomic E-state index is 5.25. The molecule has 0 heterocycles. The fourth-order valence-electron chi connectivity index (χ4n) is 1.61. The number of hydrogen-bond donors (Lipinski definition) is 0. The minimum atomic E-state index is 0.124. The summed E-state index contributed by atoms with van der Waals surface area (Å²) in [7, 11) is 3.29. The molecule has 0 N–H and O–H groups in total. The molecule has 0 spiro atoms. The monoisotopic (exact) mass is 217 g/mol. The van der Waals surface area contributed by atoms with Crippen LogP contribution in [0.15, 0.2) is 0 Å². The molecular weight excluding hydrogens is 190 g/mol. The quantitative estimate of drug-likeness (QED) is 0.675. The second-order valence-corrected chi connectivity index (χ2v) is 6.30. The summed E-state index contributed by atoms with van der Waals surface area (Å²) >= 11 is 0. The first-order valence-electron chi connectivity index (χ1n) is 5.49. The lowest BCUT2D eigenvalue weighted by atomic mass is 9.77. The highest BCUT2D eigenvalue weighted by Crippen LogP contribution is 2.34. The Hall–Kier alpha value is -0.120. The van der Waals surface area contributed by atoms with Gasteiger partial charge in [0, 0.05) is 0 Å². The minimum absolute atomic E-state index is 0.124. The van der Waals surface area contributed by atoms with E-state index in [4.69, 9.17) is 9.68 Å². The van der Waals surface area contributed by atoms with Crippen LogP contribution in [0, 0.1) is 10.8 Å². The fraction of sp³-hybridized carbons (Fsp3) is 1.00. The van der Waals surface area contributed by atoms with Gasteiger partial charge < -0.3 is 0 Å². The lowest BCUT2D eigenvalue weighted by molar-refractivity contribution is -0.379. The highest BCUT2D eigenvalue weighted by atomic mass is 16.9. The molecule has 0 aliphatic heterocycles. The predicted octanol–water partition coefficient (Wildman–Crippen LogP) is 3.26. The van der Waals surface area contributed by atoms with Crippen LogP contribution in [-0.4, -0.2) is 25.5 Å². The average molecular weight is 217 g/mol. The van der Waals surface area contributed by atoms with Gasteiger partial charge in [-0.15, -0.1) is 0 Å². The number of hydrogen-bond acceptors (Lipinski definition) is 3. The summed E-state index contributed by atoms with van der Waals surface area (Å²) in [6.07, 6.45) is 1.03. The number of rotatable bonds is 4. The molecule has 0 saturated heterocycles. The van der Waals surface area contributed by atoms with Crippen molar-refractivity contribution in [2.24, 2.45) is 10.8 Å². The Morgan fingerprint density at radius 2 is 1.33 bits per heavy atom. The second kappa shape index (κ2) is 5.28. The molecule has 0 aliphatic rings. The Kier molecular flexibility index (Phi) is 5.24. The molecule has 0 aromatic carbocycles. The Morgan fingerprint density at radius 1 is 0.933 bits per heavy atom. The molecule has 3 heteroatoms. The lowest BCUT2D eigenvalue weighted by Gasteiger charge is -2.40. The molecule has 92 valence electrons. The number of hydroxylamine groups is 2. The van der Waals surface area contributed by atoms with Gasteiger partial charge >= 0.3 is 0 Å². The van der Waals surface area contributed by atoms with E-state index >= 15 is 0 Å². The van der Waals surface area contributed by atoms with E-state index in [2.05, 4.69) is 41.5 Å². The summed E-state index contributed by atoms with van der Waals surface area (Å²) in [6, 6.07) is 0.243. The third-order valence-electron chi connectivity index (χ3n) is 2.42. The maximum atomic E-state index is 5.25. The van der Waals surface area contributed by atoms with Crippen molar-refractivity contribution >= 4 is 0 Å². The number of nitrogens with zero attached hydrogens (tertiary/aromatic N) is 1. The zero-order valence-corrected chi connectivity index (χ0v) is 11.5. The van der Waals surface area contributed by atoms with Gasteiger partial charge in [0.2, 0.25) is 0 Å². The summed E-state index contributed by atoms with van der Waals surface area (Å²) in [5.41, 5.74) is 0.382. The van der Waals surface area contributed by atoms with Gasteiger partial charge in [-0.2, -0.15) is 0 Å². The topological polar surface area (TPSA) is 21.7 Å². The van der Waals surface area contributed by atoms with Crippen LogP contribution in [0.2, 0.25) is 0 Å². The molecule has 0 saturated carbocycles. The zero-order valence-electron chi connectivity index (χ0n) is 11.5. The molecule has 0 amide bonds. The van der Waals surface area contributed by atoms with Crippen LogP contribution in [0.3, 0.4) is 0 Å². The van der Waals surface area contributed by atoms with E-state index in [0.717, 1.165) is 6.42 Å². The molecule has 0 aromatic heterocycles. The van der Waals surface area contributed by atoms with Gasteiger partial charge in [-0.05, 0) is 17.3 Å². The standard InChI is InChI=1S/C12H27NO2/c1-11(2,3)9-10(12(4,5)6)13(14-7)15-8/h10H,9H2,1-8H3. The Labute approximate surface area is 94.6 Å². The van der Waals surface area contributed by atoms with Crippen LogP contribution in [0.5, 0.6) is 0 Å². The van der Waals surface area contributed by atoms with Gasteiger partial charge in [0.25, 0.3) is 0 Å². The van der Waals surface area contributed by atoms with Crippen molar-refractivity contribution in [2.75, 3.05) is 14.2 Å². The summed E-state index contributed by atoms with van der Waals surface area (Å²) in [5, 5.41) is 1.60. The van der Waals surface area contributed by atoms with Crippen LogP contribution in [-0.2, 0) is 9.68 Å². The van der Waals surface area contributed by atoms with Crippen molar-refractivity contribution in [1.82, 2.24) is 5.23 Å². The lowest BCUT2D eigenvalue weighted by Crippen LogP contribution is -2.45. The van der Waals surface area contributed by atoms with E-state index < -0.39 is 0 Å². The fourth-order valence-corrected chi connectivity index (χ4v) is 1.61. The molecule has 0 bridgehead atoms. The Morgan fingerprint density at radius 3 is 1.53 bits per heavy atom. The van der Waals surface area contributed by atoms with Crippen LogP contribution in [0.4, 0.5) is 0 Å². The van der Waals surface area contributed by atoms with Crippen molar-refractivity contribution in [3.63, 3.8) is 0 Å². The van der Waals surface area contributed by atoms with Gasteiger partial charge in [-0.25, -0.2) is 0 Å². The molecule has 0 radical (unpaired) electrons. The molecule has 3 nitrogen and oxygen atoms in total. The maximum Gasteiger partial charge on any atom is 0.0681 e. The summed E-state index contributed by atoms with van der Waals surface area (Å²) < 4.78 is 0. The van der Waals surface area contributed by atoms with E-state index in [-0.39, 0.29) is 16.9 Å². The van der Waals surface area contributed by atoms with Crippen molar-refractivity contribution in [3.8, 4) is 0 Å². The molecule has 0 aliphatic carbocycles. The van der Waals surface area contributed by atoms with Crippen LogP contribution in [0.25, 0.3) is 0 Å². The van der Waals surface area contributed by atoms with E-state index in [0.29, 0.717) is 0 Å². The zero-order chi connectivity index (χ0) is 12.3. The van der Waals surface area contributed by atoms with Crippen LogP contribution < -0.4 is 0 Å². The van der Waals surface area contributed by atoms with Crippen LogP contribution in [0.1, 0.15) is 48.0 Å². The molecular formula is C12H27NO2. The molecule has 0 aromatic rings. The van der Waals surface area contributed by atoms with Gasteiger partial charge in [0.1, 0.15) is 0 Å². The minimum Gasteiger partial charge on any atom is -0.277 e. The Bertz CT molecular complexity index is 175. The van der Waals surface area contributed by atoms with Crippen molar-refractivity contribution < 1.29 is 9.68 Å². The first kappa shape index (κ1) is 14.9. The van der Waals surface area contributed by atoms with E-state index in [9.17, 15) is 0 Å². The van der Waals surface area contributed by atoms with E-state index in [1.54, 1.807) is 19.4 Å². The van der Waals surface area contributed by atoms with E-state index in [1.807, 2.05) is 0 Å². The molecule has 0 rings (SSSR count). The highest BCUT2D eigenvalue weighted by Gasteiger charge is 2.34. The van der Waals surface area contributed by atoms with Gasteiger partial charge in [-0.3, -0.25) is 9.68 Å². The predicted molar refractivity (Wildman–Crippen MR) is 63.2 cm³/mol. The SMILES string of the molecule is CON(OC)C(CC(C)(C)C)C(C)(C)C. The third-order valence-corrected chi connectivity index (χ3v) is 2.42. The first-order valence-corrected chi connectivity index (χ1v) is 5.49. The molecule has 0 fully saturated rings. The largest absolute Gasteiger partial charge is 0.277 e. The highest BCUT2D eigenvalue weighted by molar-refractivity contribution is 4.82. The Balaban J connectivity index is 4.74. The van der Waals surface area contributed by atoms with Gasteiger partial charge in [-0.1, -0.05) is 46.8 Å². The van der Waals surface area contributed by atoms with Gasteiger partial charge in [0.05, 0.1) is 20.3 Å². The summed E-state index contributed by atoms with van der Waals surface area (Å²) in [6.45, 7) is 13.3. The molecule has 1 atom stereocenters. The van der Waals surface area contributed by atoms with Crippen LogP contribution >= 0.6 is 0 Å². The summed E-state index contributed by atoms with van der Waals surface area (Å²) in [4.78, 5) is 10.5. The third kappa shape index (κ3) is 5.50. The van der Waals surface area contributed by atoms with Crippen molar-refractivity contribution in [2.45, 2.75) is 54.0 Å². The smallest absolute Gasteiger partial charge is 0.0681 e. The summed E-state index contributed by atoms with van der Waals surface area (Å²) in [5.74, 6) is 0. The first-order chi connectivity index (χ1) is 6.61. The van der Waals surface area contributed by atoms with E-state index in [1.165, 1.54) is 0 Å². The molecule has 1 unspecified atom stereocenters. The van der Waals surface area contributed by atoms with Gasteiger partial charge in [0.15, 0.2) is 0 Å². The second-order valence-electron chi connectivity index (χ2n) is 6.30. The van der Waals surface area contributed by atoms with Crippen molar-refractivity contribution in [1.29, 1.82) is 0 Å². The molecule has 15 heavy (non-hydrogen) atoms. The normalized spacial score (nSPS) is 15.8. The average Bonchev–Trinajstić information content (AvgIpc) is 2.01.